The molecule has 0 aliphatic carbocycles. The first-order valence-electron chi connectivity index (χ1n) is 13.8. The zero-order valence-electron chi connectivity index (χ0n) is 25.3. The van der Waals surface area contributed by atoms with Gasteiger partial charge < -0.3 is 18.3 Å². The van der Waals surface area contributed by atoms with Crippen molar-refractivity contribution in [2.45, 2.75) is 117 Å². The fourth-order valence-electron chi connectivity index (χ4n) is 4.07. The molecular weight excluding hydrogens is 581 g/mol. The van der Waals surface area contributed by atoms with Crippen LogP contribution in [0.2, 0.25) is 36.3 Å². The van der Waals surface area contributed by atoms with E-state index in [0.29, 0.717) is 6.61 Å². The second-order valence-electron chi connectivity index (χ2n) is 13.6. The summed E-state index contributed by atoms with van der Waals surface area (Å²) < 4.78 is 28.4. The van der Waals surface area contributed by atoms with Crippen LogP contribution < -0.4 is 11.2 Å². The Labute approximate surface area is 248 Å². The summed E-state index contributed by atoms with van der Waals surface area (Å²) in [4.78, 5) is 29.6. The minimum atomic E-state index is -2.35. The van der Waals surface area contributed by atoms with Crippen LogP contribution in [0.3, 0.4) is 0 Å². The number of fused-ring (bicyclic) bond motifs is 1. The predicted molar refractivity (Wildman–Crippen MR) is 167 cm³/mol. The molecule has 40 heavy (non-hydrogen) atoms. The van der Waals surface area contributed by atoms with Crippen LogP contribution in [0.1, 0.15) is 47.8 Å². The van der Waals surface area contributed by atoms with Crippen LogP contribution in [0.25, 0.3) is 0 Å². The highest BCUT2D eigenvalue weighted by Crippen LogP contribution is 2.51. The zero-order chi connectivity index (χ0) is 29.7. The standard InChI is InChI=1S/C28H44N2O6S2Si2/c1-27(2,3)39(7,8)33-17-18-22(35-26-37-19-13-11-12-14-20(19)38-26)23(36-40(9,10)28(4,5)6)24(34-18)30-16-15-21(31)29-25(30)32/h11-16,18,22-24,26H,17H2,1-10H3,(H,29,31,32)/t18-,22-,23-,24-/m1/s1. The summed E-state index contributed by atoms with van der Waals surface area (Å²) in [5.74, 6) is 0. The van der Waals surface area contributed by atoms with Gasteiger partial charge in [0.2, 0.25) is 0 Å². The van der Waals surface area contributed by atoms with Gasteiger partial charge in [-0.25, -0.2) is 4.79 Å². The van der Waals surface area contributed by atoms with E-state index in [0.717, 1.165) is 0 Å². The van der Waals surface area contributed by atoms with Gasteiger partial charge in [0.15, 0.2) is 27.6 Å². The maximum absolute atomic E-state index is 13.0. The van der Waals surface area contributed by atoms with Gasteiger partial charge in [-0.1, -0.05) is 77.2 Å². The van der Waals surface area contributed by atoms with E-state index in [1.54, 1.807) is 23.5 Å². The van der Waals surface area contributed by atoms with Gasteiger partial charge in [0.1, 0.15) is 18.3 Å². The first kappa shape index (κ1) is 31.8. The van der Waals surface area contributed by atoms with Gasteiger partial charge in [0.05, 0.1) is 6.61 Å². The van der Waals surface area contributed by atoms with E-state index < -0.39 is 52.4 Å². The average Bonchev–Trinajstić information content (AvgIpc) is 3.37. The molecule has 4 atom stereocenters. The number of aromatic nitrogens is 2. The number of aromatic amines is 1. The number of rotatable bonds is 8. The third-order valence-electron chi connectivity index (χ3n) is 8.63. The molecule has 1 aromatic carbocycles. The lowest BCUT2D eigenvalue weighted by Crippen LogP contribution is -2.51. The van der Waals surface area contributed by atoms with Gasteiger partial charge >= 0.3 is 5.69 Å². The average molecular weight is 625 g/mol. The van der Waals surface area contributed by atoms with Gasteiger partial charge in [0, 0.05) is 22.1 Å². The lowest BCUT2D eigenvalue weighted by molar-refractivity contribution is -0.0565. The molecule has 1 N–H and O–H groups in total. The van der Waals surface area contributed by atoms with Crippen molar-refractivity contribution in [2.75, 3.05) is 6.61 Å². The maximum atomic E-state index is 13.0. The van der Waals surface area contributed by atoms with Crippen molar-refractivity contribution >= 4 is 40.2 Å². The molecule has 0 bridgehead atoms. The number of benzene rings is 1. The Morgan fingerprint density at radius 1 is 0.900 bits per heavy atom. The number of thioether (sulfide) groups is 2. The van der Waals surface area contributed by atoms with Crippen LogP contribution in [0.15, 0.2) is 55.9 Å². The smallest absolute Gasteiger partial charge is 0.330 e. The molecule has 4 rings (SSSR count). The van der Waals surface area contributed by atoms with Gasteiger partial charge in [-0.15, -0.1) is 0 Å². The van der Waals surface area contributed by atoms with Crippen molar-refractivity contribution in [1.82, 2.24) is 9.55 Å². The minimum Gasteiger partial charge on any atom is -0.414 e. The van der Waals surface area contributed by atoms with E-state index in [9.17, 15) is 9.59 Å². The first-order chi connectivity index (χ1) is 18.4. The lowest BCUT2D eigenvalue weighted by Gasteiger charge is -2.41. The summed E-state index contributed by atoms with van der Waals surface area (Å²) >= 11 is 3.35. The van der Waals surface area contributed by atoms with Crippen LogP contribution in [0, 0.1) is 0 Å². The van der Waals surface area contributed by atoms with Gasteiger partial charge in [-0.05, 0) is 48.4 Å². The summed E-state index contributed by atoms with van der Waals surface area (Å²) in [5.41, 5.74) is -0.994. The molecule has 0 spiro atoms. The van der Waals surface area contributed by atoms with E-state index >= 15 is 0 Å². The topological polar surface area (TPSA) is 91.8 Å². The number of nitrogens with one attached hydrogen (secondary N) is 1. The highest BCUT2D eigenvalue weighted by Gasteiger charge is 2.53. The molecule has 2 aliphatic rings. The first-order valence-corrected chi connectivity index (χ1v) is 21.3. The van der Waals surface area contributed by atoms with E-state index in [1.165, 1.54) is 26.6 Å². The third-order valence-corrected chi connectivity index (χ3v) is 20.1. The summed E-state index contributed by atoms with van der Waals surface area (Å²) in [5, 5.41) is -0.0616. The van der Waals surface area contributed by atoms with Gasteiger partial charge in [-0.2, -0.15) is 0 Å². The monoisotopic (exact) mass is 624 g/mol. The van der Waals surface area contributed by atoms with Crippen LogP contribution >= 0.6 is 23.5 Å². The predicted octanol–water partition coefficient (Wildman–Crippen LogP) is 6.41. The van der Waals surface area contributed by atoms with Crippen molar-refractivity contribution in [3.8, 4) is 0 Å². The largest absolute Gasteiger partial charge is 0.414 e. The molecule has 12 heteroatoms. The molecule has 222 valence electrons. The fourth-order valence-corrected chi connectivity index (χ4v) is 8.93. The quantitative estimate of drug-likeness (QED) is 0.337. The molecular formula is C28H44N2O6S2Si2. The second kappa shape index (κ2) is 11.5. The summed E-state index contributed by atoms with van der Waals surface area (Å²) in [6, 6.07) is 9.61. The van der Waals surface area contributed by atoms with E-state index in [4.69, 9.17) is 18.3 Å². The molecule has 0 saturated carbocycles. The Bertz CT molecular complexity index is 1290. The number of H-pyrrole nitrogens is 1. The van der Waals surface area contributed by atoms with E-state index in [1.807, 2.05) is 12.1 Å². The van der Waals surface area contributed by atoms with Crippen LogP contribution in [0.4, 0.5) is 0 Å². The Hall–Kier alpha value is -1.13. The number of hydrogen-bond donors (Lipinski definition) is 1. The van der Waals surface area contributed by atoms with Crippen molar-refractivity contribution in [1.29, 1.82) is 0 Å². The molecule has 1 saturated heterocycles. The Morgan fingerprint density at radius 2 is 1.48 bits per heavy atom. The van der Waals surface area contributed by atoms with Crippen LogP contribution in [0.5, 0.6) is 0 Å². The maximum Gasteiger partial charge on any atom is 0.330 e. The Balaban J connectivity index is 1.72. The van der Waals surface area contributed by atoms with Gasteiger partial charge in [-0.3, -0.25) is 14.3 Å². The Morgan fingerprint density at radius 3 is 2.00 bits per heavy atom. The molecule has 0 amide bonds. The van der Waals surface area contributed by atoms with E-state index in [2.05, 4.69) is 84.8 Å². The van der Waals surface area contributed by atoms with Gasteiger partial charge in [0.25, 0.3) is 5.56 Å². The molecule has 8 nitrogen and oxygen atoms in total. The van der Waals surface area contributed by atoms with Crippen LogP contribution in [-0.2, 0) is 18.3 Å². The third kappa shape index (κ3) is 6.75. The fraction of sp³-hybridized carbons (Fsp3) is 0.643. The van der Waals surface area contributed by atoms with Crippen molar-refractivity contribution < 1.29 is 18.3 Å². The molecule has 1 aromatic heterocycles. The highest BCUT2D eigenvalue weighted by atomic mass is 32.2. The summed E-state index contributed by atoms with van der Waals surface area (Å²) in [6.07, 6.45) is -0.853. The number of ether oxygens (including phenoxy) is 2. The lowest BCUT2D eigenvalue weighted by atomic mass is 10.1. The molecule has 2 aliphatic heterocycles. The SMILES string of the molecule is CC(C)(C)[Si](C)(C)OC[C@H]1O[C@@H](n2ccc(=O)[nH]c2=O)[C@H](O[Si](C)(C)C(C)(C)C)[C@@H]1OC1Sc2ccccc2S1. The molecule has 2 aromatic rings. The molecule has 3 heterocycles. The second-order valence-corrected chi connectivity index (χ2v) is 25.6. The summed E-state index contributed by atoms with van der Waals surface area (Å²) in [7, 11) is -4.46. The number of nitrogens with zero attached hydrogens (tertiary/aromatic N) is 1. The highest BCUT2D eigenvalue weighted by molar-refractivity contribution is 8.19. The molecule has 1 fully saturated rings. The van der Waals surface area contributed by atoms with E-state index in [-0.39, 0.29) is 14.8 Å². The zero-order valence-corrected chi connectivity index (χ0v) is 28.9. The van der Waals surface area contributed by atoms with Crippen molar-refractivity contribution in [3.05, 3.63) is 57.4 Å². The van der Waals surface area contributed by atoms with Crippen molar-refractivity contribution in [2.24, 2.45) is 0 Å². The van der Waals surface area contributed by atoms with Crippen molar-refractivity contribution in [3.63, 3.8) is 0 Å². The summed E-state index contributed by atoms with van der Waals surface area (Å²) in [6.45, 7) is 22.3. The molecule has 0 radical (unpaired) electrons. The number of hydrogen-bond acceptors (Lipinski definition) is 8. The Kier molecular flexibility index (Phi) is 9.15. The normalized spacial score (nSPS) is 24.4. The van der Waals surface area contributed by atoms with Crippen LogP contribution in [-0.4, -0.2) is 55.9 Å². The minimum absolute atomic E-state index is 0.0209. The molecule has 0 unspecified atom stereocenters.